The van der Waals surface area contributed by atoms with Crippen LogP contribution in [0.25, 0.3) is 0 Å². The first-order chi connectivity index (χ1) is 9.72. The maximum Gasteiger partial charge on any atom is 0.249 e. The van der Waals surface area contributed by atoms with E-state index in [0.717, 1.165) is 30.6 Å². The summed E-state index contributed by atoms with van der Waals surface area (Å²) in [6, 6.07) is 7.84. The highest BCUT2D eigenvalue weighted by molar-refractivity contribution is 5.85. The van der Waals surface area contributed by atoms with Crippen molar-refractivity contribution in [1.82, 2.24) is 5.32 Å². The normalized spacial score (nSPS) is 20.7. The molecule has 0 aliphatic carbocycles. The van der Waals surface area contributed by atoms with E-state index in [1.54, 1.807) is 7.11 Å². The minimum atomic E-state index is -0.339. The molecule has 1 aromatic rings. The molecule has 1 aliphatic rings. The van der Waals surface area contributed by atoms with Gasteiger partial charge >= 0.3 is 0 Å². The minimum Gasteiger partial charge on any atom is -0.497 e. The Balaban J connectivity index is 0.00000220. The van der Waals surface area contributed by atoms with Crippen LogP contribution in [-0.2, 0) is 16.0 Å². The van der Waals surface area contributed by atoms with E-state index in [-0.39, 0.29) is 30.5 Å². The molecule has 1 saturated heterocycles. The van der Waals surface area contributed by atoms with Crippen molar-refractivity contribution in [2.24, 2.45) is 5.73 Å². The third-order valence-electron chi connectivity index (χ3n) is 3.51. The zero-order chi connectivity index (χ0) is 14.4. The summed E-state index contributed by atoms with van der Waals surface area (Å²) in [6.07, 6.45) is 2.09. The third kappa shape index (κ3) is 5.19. The molecule has 2 atom stereocenters. The van der Waals surface area contributed by atoms with Gasteiger partial charge < -0.3 is 20.5 Å². The zero-order valence-corrected chi connectivity index (χ0v) is 13.0. The number of amides is 1. The van der Waals surface area contributed by atoms with E-state index in [4.69, 9.17) is 15.2 Å². The SMILES string of the molecule is COc1cccc(CCNC(=O)[C@@H]2CC[C@H](CN)O2)c1.Cl. The van der Waals surface area contributed by atoms with Crippen LogP contribution >= 0.6 is 12.4 Å². The Hall–Kier alpha value is -1.30. The van der Waals surface area contributed by atoms with Crippen molar-refractivity contribution in [1.29, 1.82) is 0 Å². The Morgan fingerprint density at radius 1 is 1.48 bits per heavy atom. The summed E-state index contributed by atoms with van der Waals surface area (Å²) >= 11 is 0. The molecule has 2 rings (SSSR count). The highest BCUT2D eigenvalue weighted by atomic mass is 35.5. The second-order valence-electron chi connectivity index (χ2n) is 4.95. The Morgan fingerprint density at radius 3 is 2.95 bits per heavy atom. The predicted octanol–water partition coefficient (Wildman–Crippen LogP) is 1.28. The van der Waals surface area contributed by atoms with Crippen molar-refractivity contribution >= 4 is 18.3 Å². The van der Waals surface area contributed by atoms with E-state index in [9.17, 15) is 4.79 Å². The number of hydrogen-bond donors (Lipinski definition) is 2. The van der Waals surface area contributed by atoms with Gasteiger partial charge in [-0.05, 0) is 37.0 Å². The lowest BCUT2D eigenvalue weighted by molar-refractivity contribution is -0.131. The summed E-state index contributed by atoms with van der Waals surface area (Å²) in [5, 5.41) is 2.91. The third-order valence-corrected chi connectivity index (χ3v) is 3.51. The summed E-state index contributed by atoms with van der Waals surface area (Å²) in [7, 11) is 1.65. The molecule has 1 aromatic carbocycles. The molecular weight excluding hydrogens is 292 g/mol. The second kappa shape index (κ2) is 8.87. The van der Waals surface area contributed by atoms with Crippen molar-refractivity contribution in [3.05, 3.63) is 29.8 Å². The molecule has 0 aromatic heterocycles. The van der Waals surface area contributed by atoms with Gasteiger partial charge in [-0.1, -0.05) is 12.1 Å². The van der Waals surface area contributed by atoms with Gasteiger partial charge in [0.2, 0.25) is 5.91 Å². The van der Waals surface area contributed by atoms with Crippen LogP contribution in [0.2, 0.25) is 0 Å². The summed E-state index contributed by atoms with van der Waals surface area (Å²) in [5.74, 6) is 0.794. The molecule has 1 heterocycles. The number of carbonyl (C=O) groups is 1. The van der Waals surface area contributed by atoms with Crippen molar-refractivity contribution in [3.8, 4) is 5.75 Å². The Bertz CT molecular complexity index is 456. The fourth-order valence-corrected chi connectivity index (χ4v) is 2.34. The van der Waals surface area contributed by atoms with E-state index in [1.165, 1.54) is 0 Å². The first-order valence-electron chi connectivity index (χ1n) is 6.99. The quantitative estimate of drug-likeness (QED) is 0.829. The largest absolute Gasteiger partial charge is 0.497 e. The molecule has 1 aliphatic heterocycles. The van der Waals surface area contributed by atoms with Crippen LogP contribution < -0.4 is 15.8 Å². The highest BCUT2D eigenvalue weighted by Crippen LogP contribution is 2.18. The number of benzene rings is 1. The van der Waals surface area contributed by atoms with Gasteiger partial charge in [0.15, 0.2) is 0 Å². The van der Waals surface area contributed by atoms with Gasteiger partial charge in [0.1, 0.15) is 11.9 Å². The van der Waals surface area contributed by atoms with Crippen molar-refractivity contribution in [2.75, 3.05) is 20.2 Å². The molecule has 118 valence electrons. The van der Waals surface area contributed by atoms with Crippen molar-refractivity contribution < 1.29 is 14.3 Å². The Kier molecular flexibility index (Phi) is 7.50. The van der Waals surface area contributed by atoms with Crippen molar-refractivity contribution in [3.63, 3.8) is 0 Å². The Morgan fingerprint density at radius 2 is 2.29 bits per heavy atom. The molecule has 1 amide bonds. The van der Waals surface area contributed by atoms with E-state index in [1.807, 2.05) is 24.3 Å². The van der Waals surface area contributed by atoms with Crippen LogP contribution in [0.3, 0.4) is 0 Å². The molecule has 0 unspecified atom stereocenters. The van der Waals surface area contributed by atoms with E-state index < -0.39 is 0 Å². The number of nitrogens with one attached hydrogen (secondary N) is 1. The van der Waals surface area contributed by atoms with Crippen molar-refractivity contribution in [2.45, 2.75) is 31.5 Å². The molecule has 0 saturated carbocycles. The average molecular weight is 315 g/mol. The number of halogens is 1. The highest BCUT2D eigenvalue weighted by Gasteiger charge is 2.29. The maximum absolute atomic E-state index is 11.9. The molecule has 3 N–H and O–H groups in total. The number of methoxy groups -OCH3 is 1. The lowest BCUT2D eigenvalue weighted by atomic mass is 10.1. The first kappa shape index (κ1) is 17.8. The molecule has 6 heteroatoms. The minimum absolute atomic E-state index is 0. The van der Waals surface area contributed by atoms with Crippen LogP contribution in [0.15, 0.2) is 24.3 Å². The average Bonchev–Trinajstić information content (AvgIpc) is 2.96. The van der Waals surface area contributed by atoms with E-state index >= 15 is 0 Å². The van der Waals surface area contributed by atoms with Crippen LogP contribution in [0.4, 0.5) is 0 Å². The molecule has 1 fully saturated rings. The smallest absolute Gasteiger partial charge is 0.249 e. The molecule has 0 bridgehead atoms. The number of nitrogens with two attached hydrogens (primary N) is 1. The summed E-state index contributed by atoms with van der Waals surface area (Å²) in [6.45, 7) is 1.08. The summed E-state index contributed by atoms with van der Waals surface area (Å²) in [4.78, 5) is 11.9. The fraction of sp³-hybridized carbons (Fsp3) is 0.533. The van der Waals surface area contributed by atoms with Gasteiger partial charge in [-0.3, -0.25) is 4.79 Å². The van der Waals surface area contributed by atoms with Gasteiger partial charge in [-0.25, -0.2) is 0 Å². The second-order valence-corrected chi connectivity index (χ2v) is 4.95. The van der Waals surface area contributed by atoms with Gasteiger partial charge in [0, 0.05) is 13.1 Å². The van der Waals surface area contributed by atoms with Crippen LogP contribution in [-0.4, -0.2) is 38.3 Å². The molecule has 5 nitrogen and oxygen atoms in total. The number of hydrogen-bond acceptors (Lipinski definition) is 4. The van der Waals surface area contributed by atoms with Gasteiger partial charge in [0.05, 0.1) is 13.2 Å². The number of ether oxygens (including phenoxy) is 2. The zero-order valence-electron chi connectivity index (χ0n) is 12.2. The molecule has 0 radical (unpaired) electrons. The van der Waals surface area contributed by atoms with Gasteiger partial charge in [-0.15, -0.1) is 12.4 Å². The Labute approximate surface area is 131 Å². The van der Waals surface area contributed by atoms with Crippen LogP contribution in [0, 0.1) is 0 Å². The van der Waals surface area contributed by atoms with Gasteiger partial charge in [-0.2, -0.15) is 0 Å². The maximum atomic E-state index is 11.9. The topological polar surface area (TPSA) is 73.6 Å². The van der Waals surface area contributed by atoms with Crippen LogP contribution in [0.5, 0.6) is 5.75 Å². The van der Waals surface area contributed by atoms with Gasteiger partial charge in [0.25, 0.3) is 0 Å². The first-order valence-corrected chi connectivity index (χ1v) is 6.99. The summed E-state index contributed by atoms with van der Waals surface area (Å²) < 4.78 is 10.7. The number of carbonyl (C=O) groups excluding carboxylic acids is 1. The van der Waals surface area contributed by atoms with E-state index in [0.29, 0.717) is 13.1 Å². The monoisotopic (exact) mass is 314 g/mol. The molecule has 0 spiro atoms. The summed E-state index contributed by atoms with van der Waals surface area (Å²) in [5.41, 5.74) is 6.67. The number of rotatable bonds is 6. The predicted molar refractivity (Wildman–Crippen MR) is 83.9 cm³/mol. The lowest BCUT2D eigenvalue weighted by Gasteiger charge is -2.12. The lowest BCUT2D eigenvalue weighted by Crippen LogP contribution is -2.36. The van der Waals surface area contributed by atoms with Crippen LogP contribution in [0.1, 0.15) is 18.4 Å². The standard InChI is InChI=1S/C15H22N2O3.ClH/c1-19-12-4-2-3-11(9-12)7-8-17-15(18)14-6-5-13(10-16)20-14;/h2-4,9,13-14H,5-8,10,16H2,1H3,(H,17,18);1H/t13-,14+;/m1./s1. The fourth-order valence-electron chi connectivity index (χ4n) is 2.34. The molecule has 21 heavy (non-hydrogen) atoms. The molecular formula is C15H23ClN2O3. The van der Waals surface area contributed by atoms with E-state index in [2.05, 4.69) is 5.32 Å².